The van der Waals surface area contributed by atoms with Crippen LogP contribution in [-0.2, 0) is 24.3 Å². The molecule has 7 unspecified atom stereocenters. The van der Waals surface area contributed by atoms with E-state index in [1.165, 1.54) is 7.11 Å². The normalized spacial score (nSPS) is 40.2. The quantitative estimate of drug-likeness (QED) is 0.296. The van der Waals surface area contributed by atoms with Crippen LogP contribution in [0.3, 0.4) is 0 Å². The van der Waals surface area contributed by atoms with Gasteiger partial charge in [0.2, 0.25) is 15.9 Å². The molecule has 0 radical (unpaired) electrons. The number of nitrogens with zero attached hydrogens (tertiary/aromatic N) is 4. The van der Waals surface area contributed by atoms with E-state index in [4.69, 9.17) is 32.9 Å². The van der Waals surface area contributed by atoms with Crippen LogP contribution in [0.5, 0.6) is 0 Å². The summed E-state index contributed by atoms with van der Waals surface area (Å²) in [4.78, 5) is 49.0. The van der Waals surface area contributed by atoms with Crippen molar-refractivity contribution >= 4 is 57.0 Å². The Balaban J connectivity index is 1.24. The van der Waals surface area contributed by atoms with Crippen molar-refractivity contribution in [1.29, 1.82) is 0 Å². The third-order valence-corrected chi connectivity index (χ3v) is 16.6. The molecule has 2 saturated heterocycles. The number of halogens is 2. The second-order valence-corrected chi connectivity index (χ2v) is 19.6. The standard InChI is InChI=1S/C36H55Cl2N5O6S/c1-49-35(45)23-11-15-27(16-12-23)50(47,48)42-20-29(28-7-2-3-8-30(28)42)34-40-32(24-5-4-6-26(38)19-24)33(22-9-13-25(37)14-10-22)43(34)36(46)41-18-17-39-31(44)21-41/h22-30,32-33H,2-21H2,1H3,(H,39,44). The highest BCUT2D eigenvalue weighted by Gasteiger charge is 2.57. The molecule has 50 heavy (non-hydrogen) atoms. The van der Waals surface area contributed by atoms with Crippen LogP contribution in [0.4, 0.5) is 4.79 Å². The number of aliphatic imine (C=N–C) groups is 1. The molecule has 7 aliphatic rings. The number of amides is 3. The van der Waals surface area contributed by atoms with E-state index in [0.717, 1.165) is 82.9 Å². The van der Waals surface area contributed by atoms with Crippen molar-refractivity contribution in [1.82, 2.24) is 19.4 Å². The summed E-state index contributed by atoms with van der Waals surface area (Å²) in [6, 6.07) is -0.595. The van der Waals surface area contributed by atoms with Crippen LogP contribution in [-0.4, -0.2) is 114 Å². The predicted octanol–water partition coefficient (Wildman–Crippen LogP) is 5.14. The minimum absolute atomic E-state index is 0.00702. The number of ether oxygens (including phenoxy) is 1. The number of nitrogens with one attached hydrogen (secondary N) is 1. The Labute approximate surface area is 307 Å². The zero-order chi connectivity index (χ0) is 35.2. The van der Waals surface area contributed by atoms with Crippen LogP contribution in [0.25, 0.3) is 0 Å². The SMILES string of the molecule is COC(=O)C1CCC(S(=O)(=O)N2CC(C3=NC(C4CCCC(Cl)C4)C(C4CCC(Cl)CC4)N3C(=O)N3CCNC(=O)C3)C3CCCCC32)CC1. The Kier molecular flexibility index (Phi) is 11.3. The van der Waals surface area contributed by atoms with Gasteiger partial charge in [0.25, 0.3) is 0 Å². The molecule has 7 rings (SSSR count). The number of rotatable bonds is 6. The fraction of sp³-hybridized carbons (Fsp3) is 0.889. The zero-order valence-corrected chi connectivity index (χ0v) is 31.7. The molecule has 3 amide bonds. The van der Waals surface area contributed by atoms with Gasteiger partial charge in [-0.25, -0.2) is 13.2 Å². The lowest BCUT2D eigenvalue weighted by atomic mass is 9.74. The molecule has 0 aromatic heterocycles. The van der Waals surface area contributed by atoms with Gasteiger partial charge in [0.15, 0.2) is 0 Å². The molecular formula is C36H55Cl2N5O6S. The lowest BCUT2D eigenvalue weighted by molar-refractivity contribution is -0.146. The van der Waals surface area contributed by atoms with E-state index in [-0.39, 0.29) is 82.9 Å². The fourth-order valence-corrected chi connectivity index (χ4v) is 13.7. The minimum atomic E-state index is -3.67. The zero-order valence-electron chi connectivity index (χ0n) is 29.4. The van der Waals surface area contributed by atoms with E-state index in [2.05, 4.69) is 5.32 Å². The van der Waals surface area contributed by atoms with Crippen molar-refractivity contribution in [3.8, 4) is 0 Å². The Morgan fingerprint density at radius 3 is 2.32 bits per heavy atom. The number of fused-ring (bicyclic) bond motifs is 1. The second-order valence-electron chi connectivity index (χ2n) is 16.2. The predicted molar refractivity (Wildman–Crippen MR) is 193 cm³/mol. The van der Waals surface area contributed by atoms with Gasteiger partial charge in [-0.2, -0.15) is 4.31 Å². The Hall–Kier alpha value is -1.63. The Morgan fingerprint density at radius 1 is 0.880 bits per heavy atom. The van der Waals surface area contributed by atoms with Crippen LogP contribution in [0.1, 0.15) is 103 Å². The topological polar surface area (TPSA) is 129 Å². The van der Waals surface area contributed by atoms with Crippen molar-refractivity contribution < 1.29 is 27.5 Å². The first kappa shape index (κ1) is 36.7. The van der Waals surface area contributed by atoms with Gasteiger partial charge in [0, 0.05) is 42.3 Å². The van der Waals surface area contributed by atoms with Gasteiger partial charge in [0.1, 0.15) is 12.4 Å². The average Bonchev–Trinajstić information content (AvgIpc) is 3.71. The number of amidine groups is 1. The molecular weight excluding hydrogens is 701 g/mol. The average molecular weight is 757 g/mol. The van der Waals surface area contributed by atoms with Crippen LogP contribution in [0.15, 0.2) is 4.99 Å². The van der Waals surface area contributed by atoms with Crippen LogP contribution < -0.4 is 5.32 Å². The number of hydrogen-bond acceptors (Lipinski definition) is 7. The summed E-state index contributed by atoms with van der Waals surface area (Å²) in [6.07, 6.45) is 13.1. The summed E-state index contributed by atoms with van der Waals surface area (Å²) < 4.78 is 35.9. The van der Waals surface area contributed by atoms with Gasteiger partial charge < -0.3 is 15.0 Å². The summed E-state index contributed by atoms with van der Waals surface area (Å²) in [5.41, 5.74) is 0. The minimum Gasteiger partial charge on any atom is -0.469 e. The maximum atomic E-state index is 14.9. The molecule has 4 aliphatic carbocycles. The van der Waals surface area contributed by atoms with Gasteiger partial charge in [0.05, 0.1) is 30.4 Å². The first-order valence-corrected chi connectivity index (χ1v) is 21.7. The number of hydrogen-bond donors (Lipinski definition) is 1. The summed E-state index contributed by atoms with van der Waals surface area (Å²) in [6.45, 7) is 1.16. The van der Waals surface area contributed by atoms with Gasteiger partial charge in [-0.3, -0.25) is 19.5 Å². The van der Waals surface area contributed by atoms with E-state index in [9.17, 15) is 22.8 Å². The highest BCUT2D eigenvalue weighted by molar-refractivity contribution is 7.89. The van der Waals surface area contributed by atoms with Crippen molar-refractivity contribution in [3.63, 3.8) is 0 Å². The van der Waals surface area contributed by atoms with E-state index in [0.29, 0.717) is 45.3 Å². The highest BCUT2D eigenvalue weighted by atomic mass is 35.5. The summed E-state index contributed by atoms with van der Waals surface area (Å²) >= 11 is 13.4. The molecule has 280 valence electrons. The third kappa shape index (κ3) is 7.17. The smallest absolute Gasteiger partial charge is 0.326 e. The van der Waals surface area contributed by atoms with Crippen molar-refractivity contribution in [2.45, 2.75) is 137 Å². The maximum Gasteiger partial charge on any atom is 0.326 e. The van der Waals surface area contributed by atoms with Gasteiger partial charge in [-0.15, -0.1) is 23.2 Å². The second kappa shape index (κ2) is 15.4. The molecule has 6 fully saturated rings. The van der Waals surface area contributed by atoms with E-state index in [1.807, 2.05) is 4.90 Å². The Bertz CT molecular complexity index is 1420. The number of methoxy groups -OCH3 is 1. The molecule has 4 saturated carbocycles. The van der Waals surface area contributed by atoms with Gasteiger partial charge in [-0.1, -0.05) is 19.3 Å². The Morgan fingerprint density at radius 2 is 1.62 bits per heavy atom. The van der Waals surface area contributed by atoms with Gasteiger partial charge in [-0.05, 0) is 101 Å². The largest absolute Gasteiger partial charge is 0.469 e. The number of urea groups is 1. The number of carbonyl (C=O) groups excluding carboxylic acids is 3. The molecule has 0 aromatic carbocycles. The number of esters is 1. The van der Waals surface area contributed by atoms with Crippen molar-refractivity contribution in [3.05, 3.63) is 0 Å². The number of alkyl halides is 2. The van der Waals surface area contributed by atoms with Crippen molar-refractivity contribution in [2.75, 3.05) is 33.3 Å². The molecule has 3 aliphatic heterocycles. The number of carbonyl (C=O) groups is 3. The third-order valence-electron chi connectivity index (χ3n) is 13.3. The molecule has 0 bridgehead atoms. The van der Waals surface area contributed by atoms with Crippen LogP contribution in [0, 0.1) is 29.6 Å². The van der Waals surface area contributed by atoms with E-state index in [1.54, 1.807) is 9.21 Å². The summed E-state index contributed by atoms with van der Waals surface area (Å²) in [7, 11) is -2.28. The lowest BCUT2D eigenvalue weighted by Gasteiger charge is -2.43. The molecule has 0 spiro atoms. The van der Waals surface area contributed by atoms with E-state index >= 15 is 0 Å². The van der Waals surface area contributed by atoms with E-state index < -0.39 is 15.3 Å². The number of sulfonamides is 1. The fourth-order valence-electron chi connectivity index (χ4n) is 10.8. The molecule has 14 heteroatoms. The number of piperazine rings is 1. The highest BCUT2D eigenvalue weighted by Crippen LogP contribution is 2.49. The first-order chi connectivity index (χ1) is 24.1. The summed E-state index contributed by atoms with van der Waals surface area (Å²) in [5, 5.41) is 2.53. The molecule has 7 atom stereocenters. The lowest BCUT2D eigenvalue weighted by Crippen LogP contribution is -2.60. The summed E-state index contributed by atoms with van der Waals surface area (Å²) in [5.74, 6) is 0.363. The molecule has 0 aromatic rings. The van der Waals surface area contributed by atoms with Crippen LogP contribution in [0.2, 0.25) is 0 Å². The molecule has 3 heterocycles. The van der Waals surface area contributed by atoms with Crippen LogP contribution >= 0.6 is 23.2 Å². The maximum absolute atomic E-state index is 14.9. The van der Waals surface area contributed by atoms with Gasteiger partial charge >= 0.3 is 12.0 Å². The molecule has 1 N–H and O–H groups in total. The van der Waals surface area contributed by atoms with Crippen molar-refractivity contribution in [2.24, 2.45) is 34.6 Å². The first-order valence-electron chi connectivity index (χ1n) is 19.4. The molecule has 11 nitrogen and oxygen atoms in total. The monoisotopic (exact) mass is 755 g/mol.